The number of fused-ring (bicyclic) bond motifs is 1. The molecule has 0 radical (unpaired) electrons. The topological polar surface area (TPSA) is 124 Å². The lowest BCUT2D eigenvalue weighted by Gasteiger charge is -2.19. The first-order valence-corrected chi connectivity index (χ1v) is 10.5. The van der Waals surface area contributed by atoms with Crippen LogP contribution in [0.4, 0.5) is 0 Å². The molecule has 0 aliphatic carbocycles. The Morgan fingerprint density at radius 1 is 0.765 bits per heavy atom. The molecule has 34 heavy (non-hydrogen) atoms. The number of rotatable bonds is 6. The Morgan fingerprint density at radius 2 is 1.26 bits per heavy atom. The number of hydrogen-bond acceptors (Lipinski definition) is 10. The van der Waals surface area contributed by atoms with Crippen molar-refractivity contribution >= 4 is 23.9 Å². The number of esters is 4. The van der Waals surface area contributed by atoms with E-state index in [0.717, 1.165) is 0 Å². The van der Waals surface area contributed by atoms with E-state index in [2.05, 4.69) is 0 Å². The van der Waals surface area contributed by atoms with Gasteiger partial charge in [-0.1, -0.05) is 0 Å². The van der Waals surface area contributed by atoms with Gasteiger partial charge in [0, 0.05) is 20.3 Å². The van der Waals surface area contributed by atoms with Crippen molar-refractivity contribution in [1.82, 2.24) is 0 Å². The Balaban J connectivity index is 1.30. The van der Waals surface area contributed by atoms with Crippen molar-refractivity contribution in [3.8, 4) is 11.5 Å². The van der Waals surface area contributed by atoms with Gasteiger partial charge in [0.2, 0.25) is 6.29 Å². The minimum absolute atomic E-state index is 0.158. The fraction of sp³-hybridized carbons (Fsp3) is 0.333. The fourth-order valence-corrected chi connectivity index (χ4v) is 3.67. The molecule has 2 saturated heterocycles. The zero-order valence-electron chi connectivity index (χ0n) is 18.4. The van der Waals surface area contributed by atoms with Crippen LogP contribution in [0.15, 0.2) is 48.5 Å². The number of hydrogen-bond donors (Lipinski definition) is 0. The summed E-state index contributed by atoms with van der Waals surface area (Å²) in [5, 5.41) is 0. The Morgan fingerprint density at radius 3 is 1.76 bits per heavy atom. The van der Waals surface area contributed by atoms with Gasteiger partial charge in [0.15, 0.2) is 6.10 Å². The van der Waals surface area contributed by atoms with Crippen LogP contribution in [0.5, 0.6) is 11.5 Å². The second-order valence-corrected chi connectivity index (χ2v) is 7.72. The standard InChI is InChI=1S/C24H22O10/c1-13(25)30-17-7-3-15(4-8-17)23(27)32-20-12-29-19-11-21(33-22(19)20)34-24(28)16-5-9-18(10-6-16)31-14(2)26/h3-10,19-22H,11-12H2,1-2H3/t19?,20-,21+,22?/m0/s1. The predicted molar refractivity (Wildman–Crippen MR) is 113 cm³/mol. The molecule has 2 aromatic rings. The molecular weight excluding hydrogens is 448 g/mol. The van der Waals surface area contributed by atoms with Crippen molar-refractivity contribution in [3.63, 3.8) is 0 Å². The highest BCUT2D eigenvalue weighted by Gasteiger charge is 2.49. The average Bonchev–Trinajstić information content (AvgIpc) is 3.35. The lowest BCUT2D eigenvalue weighted by atomic mass is 10.1. The van der Waals surface area contributed by atoms with E-state index in [-0.39, 0.29) is 23.8 Å². The first-order chi connectivity index (χ1) is 16.3. The molecule has 0 spiro atoms. The van der Waals surface area contributed by atoms with Gasteiger partial charge < -0.3 is 28.4 Å². The molecule has 2 aromatic carbocycles. The highest BCUT2D eigenvalue weighted by atomic mass is 16.7. The van der Waals surface area contributed by atoms with Gasteiger partial charge >= 0.3 is 23.9 Å². The molecule has 10 heteroatoms. The number of carbonyl (C=O) groups excluding carboxylic acids is 4. The van der Waals surface area contributed by atoms with Gasteiger partial charge in [-0.15, -0.1) is 0 Å². The Bertz CT molecular complexity index is 1080. The molecule has 4 rings (SSSR count). The average molecular weight is 470 g/mol. The van der Waals surface area contributed by atoms with Crippen molar-refractivity contribution in [1.29, 1.82) is 0 Å². The summed E-state index contributed by atoms with van der Waals surface area (Å²) in [5.41, 5.74) is 0.537. The van der Waals surface area contributed by atoms with E-state index in [4.69, 9.17) is 28.4 Å². The summed E-state index contributed by atoms with van der Waals surface area (Å²) in [5.74, 6) is -1.48. The van der Waals surface area contributed by atoms with Crippen LogP contribution in [0.3, 0.4) is 0 Å². The summed E-state index contributed by atoms with van der Waals surface area (Å²) in [7, 11) is 0. The molecule has 2 aliphatic heterocycles. The van der Waals surface area contributed by atoms with Crippen molar-refractivity contribution in [2.45, 2.75) is 44.9 Å². The van der Waals surface area contributed by atoms with Crippen molar-refractivity contribution in [2.75, 3.05) is 6.61 Å². The molecule has 4 atom stereocenters. The van der Waals surface area contributed by atoms with Crippen LogP contribution in [0, 0.1) is 0 Å². The van der Waals surface area contributed by atoms with Gasteiger partial charge in [0.25, 0.3) is 0 Å². The highest BCUT2D eigenvalue weighted by Crippen LogP contribution is 2.33. The molecule has 2 fully saturated rings. The van der Waals surface area contributed by atoms with Crippen LogP contribution in [0.25, 0.3) is 0 Å². The van der Waals surface area contributed by atoms with Gasteiger partial charge in [-0.25, -0.2) is 9.59 Å². The van der Waals surface area contributed by atoms with Crippen molar-refractivity contribution in [2.24, 2.45) is 0 Å². The maximum absolute atomic E-state index is 12.5. The van der Waals surface area contributed by atoms with E-state index in [9.17, 15) is 19.2 Å². The molecule has 0 bridgehead atoms. The van der Waals surface area contributed by atoms with E-state index >= 15 is 0 Å². The maximum atomic E-state index is 12.5. The van der Waals surface area contributed by atoms with E-state index in [1.807, 2.05) is 0 Å². The number of carbonyl (C=O) groups is 4. The van der Waals surface area contributed by atoms with Crippen LogP contribution < -0.4 is 9.47 Å². The molecule has 2 unspecified atom stereocenters. The van der Waals surface area contributed by atoms with Gasteiger partial charge in [-0.3, -0.25) is 9.59 Å². The SMILES string of the molecule is CC(=O)Oc1ccc(C(=O)O[C@@H]2CC3OC[C@H](OC(=O)c4ccc(OC(C)=O)cc4)C3O2)cc1. The molecule has 10 nitrogen and oxygen atoms in total. The smallest absolute Gasteiger partial charge is 0.340 e. The largest absolute Gasteiger partial charge is 0.453 e. The first-order valence-electron chi connectivity index (χ1n) is 10.5. The summed E-state index contributed by atoms with van der Waals surface area (Å²) in [6.45, 7) is 2.72. The molecule has 178 valence electrons. The first kappa shape index (κ1) is 23.4. The van der Waals surface area contributed by atoms with Gasteiger partial charge in [-0.05, 0) is 48.5 Å². The van der Waals surface area contributed by atoms with E-state index in [0.29, 0.717) is 17.9 Å². The third-order valence-corrected chi connectivity index (χ3v) is 5.14. The summed E-state index contributed by atoms with van der Waals surface area (Å²) >= 11 is 0. The molecule has 0 N–H and O–H groups in total. The van der Waals surface area contributed by atoms with E-state index in [1.165, 1.54) is 62.4 Å². The second-order valence-electron chi connectivity index (χ2n) is 7.72. The summed E-state index contributed by atoms with van der Waals surface area (Å²) in [6.07, 6.45) is -2.19. The minimum atomic E-state index is -0.861. The summed E-state index contributed by atoms with van der Waals surface area (Å²) in [4.78, 5) is 46.9. The minimum Gasteiger partial charge on any atom is -0.453 e. The zero-order chi connectivity index (χ0) is 24.2. The lowest BCUT2D eigenvalue weighted by Crippen LogP contribution is -2.33. The summed E-state index contributed by atoms with van der Waals surface area (Å²) in [6, 6.07) is 11.9. The van der Waals surface area contributed by atoms with E-state index < -0.39 is 42.4 Å². The molecule has 2 aliphatic rings. The quantitative estimate of drug-likeness (QED) is 0.459. The lowest BCUT2D eigenvalue weighted by molar-refractivity contribution is -0.132. The van der Waals surface area contributed by atoms with Crippen LogP contribution in [-0.4, -0.2) is 55.1 Å². The summed E-state index contributed by atoms with van der Waals surface area (Å²) < 4.78 is 32.3. The van der Waals surface area contributed by atoms with Crippen LogP contribution >= 0.6 is 0 Å². The second kappa shape index (κ2) is 10.0. The normalized spacial score (nSPS) is 23.0. The molecular formula is C24H22O10. The third kappa shape index (κ3) is 5.59. The Hall–Kier alpha value is -3.76. The fourth-order valence-electron chi connectivity index (χ4n) is 3.67. The van der Waals surface area contributed by atoms with Crippen molar-refractivity contribution < 1.29 is 47.6 Å². The van der Waals surface area contributed by atoms with Crippen LogP contribution in [0.1, 0.15) is 41.0 Å². The monoisotopic (exact) mass is 470 g/mol. The van der Waals surface area contributed by atoms with Gasteiger partial charge in [-0.2, -0.15) is 0 Å². The zero-order valence-corrected chi connectivity index (χ0v) is 18.4. The Kier molecular flexibility index (Phi) is 6.90. The molecule has 2 heterocycles. The third-order valence-electron chi connectivity index (χ3n) is 5.14. The van der Waals surface area contributed by atoms with Gasteiger partial charge in [0.1, 0.15) is 17.6 Å². The number of ether oxygens (including phenoxy) is 6. The Labute approximate surface area is 194 Å². The number of benzene rings is 2. The van der Waals surface area contributed by atoms with Crippen LogP contribution in [-0.2, 0) is 28.5 Å². The molecule has 0 aromatic heterocycles. The maximum Gasteiger partial charge on any atom is 0.340 e. The van der Waals surface area contributed by atoms with Crippen molar-refractivity contribution in [3.05, 3.63) is 59.7 Å². The van der Waals surface area contributed by atoms with Gasteiger partial charge in [0.05, 0.1) is 23.8 Å². The molecule has 0 amide bonds. The predicted octanol–water partition coefficient (Wildman–Crippen LogP) is 2.43. The van der Waals surface area contributed by atoms with E-state index in [1.54, 1.807) is 0 Å². The molecule has 0 saturated carbocycles. The van der Waals surface area contributed by atoms with Crippen LogP contribution in [0.2, 0.25) is 0 Å². The highest BCUT2D eigenvalue weighted by molar-refractivity contribution is 5.90.